The molecule has 0 aliphatic carbocycles. The lowest BCUT2D eigenvalue weighted by Crippen LogP contribution is -2.28. The zero-order chi connectivity index (χ0) is 38.1. The molecule has 0 aliphatic rings. The number of phosphoric acid groups is 1. The van der Waals surface area contributed by atoms with E-state index in [0.717, 1.165) is 32.1 Å². The van der Waals surface area contributed by atoms with Gasteiger partial charge in [-0.2, -0.15) is 0 Å². The normalized spacial score (nSPS) is 12.5. The molecule has 0 aliphatic heterocycles. The minimum Gasteiger partial charge on any atom is -0.457 e. The van der Waals surface area contributed by atoms with Crippen LogP contribution >= 0.6 is 7.82 Å². The molecule has 0 radical (unpaired) electrons. The monoisotopic (exact) mass is 761 g/mol. The largest absolute Gasteiger partial charge is 0.469 e. The molecule has 52 heavy (non-hydrogen) atoms. The molecule has 0 saturated carbocycles. The van der Waals surface area contributed by atoms with Crippen LogP contribution in [0.4, 0.5) is 0 Å². The van der Waals surface area contributed by atoms with Gasteiger partial charge in [-0.15, -0.1) is 0 Å². The molecule has 0 saturated heterocycles. The molecule has 0 fully saturated rings. The van der Waals surface area contributed by atoms with E-state index in [-0.39, 0.29) is 19.2 Å². The Labute approximate surface area is 323 Å². The van der Waals surface area contributed by atoms with Gasteiger partial charge >= 0.3 is 13.8 Å². The second-order valence-corrected chi connectivity index (χ2v) is 17.0. The number of carbonyl (C=O) groups excluding carboxylic acids is 1. The molecule has 0 rings (SSSR count). The van der Waals surface area contributed by atoms with Crippen LogP contribution in [-0.4, -0.2) is 41.7 Å². The minimum absolute atomic E-state index is 0.0871. The van der Waals surface area contributed by atoms with Crippen LogP contribution in [0.5, 0.6) is 0 Å². The number of hydrogen-bond donors (Lipinski definition) is 2. The summed E-state index contributed by atoms with van der Waals surface area (Å²) in [5.74, 6) is -0.354. The zero-order valence-electron chi connectivity index (χ0n) is 34.7. The van der Waals surface area contributed by atoms with E-state index in [4.69, 9.17) is 19.3 Å². The molecule has 8 heteroatoms. The van der Waals surface area contributed by atoms with E-state index in [2.05, 4.69) is 18.4 Å². The molecular weight excluding hydrogens is 671 g/mol. The van der Waals surface area contributed by atoms with Crippen LogP contribution in [0, 0.1) is 0 Å². The maximum Gasteiger partial charge on any atom is 0.469 e. The van der Waals surface area contributed by atoms with Crippen LogP contribution in [0.2, 0.25) is 0 Å². The van der Waals surface area contributed by atoms with Gasteiger partial charge in [-0.3, -0.25) is 9.32 Å². The van der Waals surface area contributed by atoms with Gasteiger partial charge in [0.25, 0.3) is 0 Å². The average molecular weight is 761 g/mol. The van der Waals surface area contributed by atoms with Crippen LogP contribution < -0.4 is 0 Å². The summed E-state index contributed by atoms with van der Waals surface area (Å²) < 4.78 is 27.1. The fourth-order valence-corrected chi connectivity index (χ4v) is 7.39. The highest BCUT2D eigenvalue weighted by Gasteiger charge is 2.21. The lowest BCUT2D eigenvalue weighted by Gasteiger charge is -2.18. The minimum atomic E-state index is -4.65. The molecule has 0 bridgehead atoms. The highest BCUT2D eigenvalue weighted by molar-refractivity contribution is 7.46. The fourth-order valence-electron chi connectivity index (χ4n) is 7.03. The first-order valence-electron chi connectivity index (χ1n) is 22.9. The Kier molecular flexibility index (Phi) is 41.3. The summed E-state index contributed by atoms with van der Waals surface area (Å²) in [5.41, 5.74) is 0. The Bertz CT molecular complexity index is 759. The van der Waals surface area contributed by atoms with Gasteiger partial charge in [0.05, 0.1) is 13.2 Å². The number of hydrogen-bond acceptors (Lipinski definition) is 5. The molecule has 0 aromatic heterocycles. The Hall–Kier alpha value is -0.460. The molecule has 0 aromatic rings. The van der Waals surface area contributed by atoms with Gasteiger partial charge in [0, 0.05) is 13.0 Å². The van der Waals surface area contributed by atoms with Crippen LogP contribution in [0.25, 0.3) is 0 Å². The summed E-state index contributed by atoms with van der Waals surface area (Å²) in [6.07, 6.45) is 46.7. The van der Waals surface area contributed by atoms with Crippen molar-refractivity contribution in [2.24, 2.45) is 0 Å². The molecule has 0 spiro atoms. The van der Waals surface area contributed by atoms with Crippen molar-refractivity contribution in [2.75, 3.05) is 19.8 Å². The summed E-state index contributed by atoms with van der Waals surface area (Å²) >= 11 is 0. The lowest BCUT2D eigenvalue weighted by atomic mass is 10.0. The van der Waals surface area contributed by atoms with Crippen molar-refractivity contribution >= 4 is 13.8 Å². The Morgan fingerprint density at radius 2 is 0.731 bits per heavy atom. The van der Waals surface area contributed by atoms with E-state index < -0.39 is 13.9 Å². The first kappa shape index (κ1) is 51.5. The van der Waals surface area contributed by atoms with Crippen LogP contribution in [0.15, 0.2) is 0 Å². The van der Waals surface area contributed by atoms with E-state index >= 15 is 0 Å². The van der Waals surface area contributed by atoms with Crippen molar-refractivity contribution in [3.8, 4) is 0 Å². The van der Waals surface area contributed by atoms with Crippen molar-refractivity contribution in [2.45, 2.75) is 258 Å². The van der Waals surface area contributed by atoms with E-state index in [1.807, 2.05) is 0 Å². The van der Waals surface area contributed by atoms with Gasteiger partial charge in [0.15, 0.2) is 0 Å². The maximum absolute atomic E-state index is 12.4. The SMILES string of the molecule is CCCCCCCCCCCCCCCCCCCCOC[C@H](COP(=O)(O)O)OC(=O)CCCCCCCCCCCCCCCCCCCC. The third-order valence-corrected chi connectivity index (χ3v) is 10.9. The number of esters is 1. The quantitative estimate of drug-likeness (QED) is 0.0362. The Balaban J connectivity index is 3.70. The first-order chi connectivity index (χ1) is 25.4. The molecular formula is C44H89O7P. The van der Waals surface area contributed by atoms with Crippen molar-refractivity contribution in [1.82, 2.24) is 0 Å². The maximum atomic E-state index is 12.4. The van der Waals surface area contributed by atoms with Crippen LogP contribution in [0.1, 0.15) is 251 Å². The van der Waals surface area contributed by atoms with E-state index in [1.54, 1.807) is 0 Å². The number of ether oxygens (including phenoxy) is 2. The lowest BCUT2D eigenvalue weighted by molar-refractivity contribution is -0.154. The number of unbranched alkanes of at least 4 members (excludes halogenated alkanes) is 34. The Morgan fingerprint density at radius 1 is 0.442 bits per heavy atom. The third-order valence-electron chi connectivity index (χ3n) is 10.4. The first-order valence-corrected chi connectivity index (χ1v) is 24.4. The third kappa shape index (κ3) is 43.9. The summed E-state index contributed by atoms with van der Waals surface area (Å²) in [5, 5.41) is 0. The second kappa shape index (κ2) is 41.7. The molecule has 1 atom stereocenters. The number of rotatable bonds is 44. The molecule has 312 valence electrons. The average Bonchev–Trinajstić information content (AvgIpc) is 3.12. The van der Waals surface area contributed by atoms with Crippen molar-refractivity contribution in [3.05, 3.63) is 0 Å². The van der Waals surface area contributed by atoms with Gasteiger partial charge in [-0.05, 0) is 12.8 Å². The van der Waals surface area contributed by atoms with Crippen molar-refractivity contribution in [3.63, 3.8) is 0 Å². The highest BCUT2D eigenvalue weighted by Crippen LogP contribution is 2.36. The van der Waals surface area contributed by atoms with Gasteiger partial charge in [0.2, 0.25) is 0 Å². The molecule has 7 nitrogen and oxygen atoms in total. The summed E-state index contributed by atoms with van der Waals surface area (Å²) in [4.78, 5) is 30.7. The van der Waals surface area contributed by atoms with Gasteiger partial charge < -0.3 is 19.3 Å². The molecule has 0 aromatic carbocycles. The topological polar surface area (TPSA) is 102 Å². The zero-order valence-corrected chi connectivity index (χ0v) is 35.6. The molecule has 0 unspecified atom stereocenters. The molecule has 0 heterocycles. The predicted molar refractivity (Wildman–Crippen MR) is 221 cm³/mol. The van der Waals surface area contributed by atoms with Crippen molar-refractivity contribution in [1.29, 1.82) is 0 Å². The van der Waals surface area contributed by atoms with Gasteiger partial charge in [-0.25, -0.2) is 4.57 Å². The summed E-state index contributed by atoms with van der Waals surface area (Å²) in [6, 6.07) is 0. The number of phosphoric ester groups is 1. The van der Waals surface area contributed by atoms with Gasteiger partial charge in [-0.1, -0.05) is 232 Å². The van der Waals surface area contributed by atoms with Crippen LogP contribution in [-0.2, 0) is 23.4 Å². The van der Waals surface area contributed by atoms with Gasteiger partial charge in [0.1, 0.15) is 6.10 Å². The highest BCUT2D eigenvalue weighted by atomic mass is 31.2. The summed E-state index contributed by atoms with van der Waals surface area (Å²) in [6.45, 7) is 4.82. The summed E-state index contributed by atoms with van der Waals surface area (Å²) in [7, 11) is -4.65. The standard InChI is InChI=1S/C44H89O7P/c1-3-5-7-9-11-13-15-17-19-21-23-25-27-29-31-33-35-37-39-44(45)51-43(42-50-52(46,47)48)41-49-40-38-36-34-32-30-28-26-24-22-20-18-16-14-12-10-8-6-4-2/h43H,3-42H2,1-2H3,(H2,46,47,48)/t43-/m1/s1. The smallest absolute Gasteiger partial charge is 0.457 e. The molecule has 2 N–H and O–H groups in total. The van der Waals surface area contributed by atoms with E-state index in [9.17, 15) is 9.36 Å². The molecule has 0 amide bonds. The Morgan fingerprint density at radius 3 is 1.04 bits per heavy atom. The van der Waals surface area contributed by atoms with Crippen molar-refractivity contribution < 1.29 is 33.1 Å². The predicted octanol–water partition coefficient (Wildman–Crippen LogP) is 14.5. The second-order valence-electron chi connectivity index (χ2n) is 15.7. The fraction of sp³-hybridized carbons (Fsp3) is 0.977. The van der Waals surface area contributed by atoms with E-state index in [1.165, 1.54) is 199 Å². The van der Waals surface area contributed by atoms with Crippen LogP contribution in [0.3, 0.4) is 0 Å². The van der Waals surface area contributed by atoms with E-state index in [0.29, 0.717) is 13.0 Å². The number of carbonyl (C=O) groups is 1.